The summed E-state index contributed by atoms with van der Waals surface area (Å²) in [6.07, 6.45) is 2.78. The molecule has 0 atom stereocenters. The lowest BCUT2D eigenvalue weighted by Crippen LogP contribution is -2.05. The van der Waals surface area contributed by atoms with E-state index in [-0.39, 0.29) is 4.90 Å². The molecule has 0 aliphatic heterocycles. The quantitative estimate of drug-likeness (QED) is 0.671. The van der Waals surface area contributed by atoms with Crippen molar-refractivity contribution in [1.29, 1.82) is 0 Å². The first-order valence-corrected chi connectivity index (χ1v) is 9.86. The van der Waals surface area contributed by atoms with E-state index in [9.17, 15) is 8.42 Å². The van der Waals surface area contributed by atoms with Crippen LogP contribution in [-0.4, -0.2) is 14.1 Å². The zero-order chi connectivity index (χ0) is 18.4. The largest absolute Gasteiger partial charge is 0.282 e. The average Bonchev–Trinajstić information content (AvgIpc) is 2.54. The fraction of sp³-hybridized carbons (Fsp3) is 0.286. The van der Waals surface area contributed by atoms with Crippen LogP contribution in [0.25, 0.3) is 0 Å². The van der Waals surface area contributed by atoms with Gasteiger partial charge in [-0.3, -0.25) is 0 Å². The molecule has 0 amide bonds. The first-order valence-electron chi connectivity index (χ1n) is 8.42. The van der Waals surface area contributed by atoms with Gasteiger partial charge >= 0.3 is 0 Å². The summed E-state index contributed by atoms with van der Waals surface area (Å²) in [5, 5.41) is 0. The lowest BCUT2D eigenvalue weighted by Gasteiger charge is -2.08. The number of nitrogens with zero attached hydrogens (tertiary/aromatic N) is 1. The molecule has 0 N–H and O–H groups in total. The Labute approximate surface area is 151 Å². The number of hydrogen-bond donors (Lipinski definition) is 0. The van der Waals surface area contributed by atoms with Crippen molar-refractivity contribution in [2.24, 2.45) is 10.3 Å². The van der Waals surface area contributed by atoms with Gasteiger partial charge in [0.2, 0.25) is 0 Å². The van der Waals surface area contributed by atoms with Crippen molar-refractivity contribution < 1.29 is 8.42 Å². The molecule has 25 heavy (non-hydrogen) atoms. The van der Waals surface area contributed by atoms with Crippen molar-refractivity contribution in [3.63, 3.8) is 0 Å². The van der Waals surface area contributed by atoms with E-state index in [2.05, 4.69) is 18.2 Å². The van der Waals surface area contributed by atoms with Gasteiger partial charge < -0.3 is 0 Å². The molecule has 3 nitrogen and oxygen atoms in total. The Morgan fingerprint density at radius 2 is 1.64 bits per heavy atom. The second-order valence-electron chi connectivity index (χ2n) is 6.72. The molecule has 0 unspecified atom stereocenters. The van der Waals surface area contributed by atoms with Crippen LogP contribution in [-0.2, 0) is 10.0 Å². The second kappa shape index (κ2) is 8.26. The molecule has 2 aromatic carbocycles. The molecule has 0 spiro atoms. The third-order valence-corrected chi connectivity index (χ3v) is 5.03. The van der Waals surface area contributed by atoms with Crippen molar-refractivity contribution in [3.8, 4) is 0 Å². The average molecular weight is 356 g/mol. The van der Waals surface area contributed by atoms with Crippen LogP contribution < -0.4 is 0 Å². The highest BCUT2D eigenvalue weighted by molar-refractivity contribution is 7.90. The Morgan fingerprint density at radius 3 is 2.20 bits per heavy atom. The van der Waals surface area contributed by atoms with Crippen molar-refractivity contribution >= 4 is 15.7 Å². The van der Waals surface area contributed by atoms with E-state index in [0.717, 1.165) is 23.1 Å². The standard InChI is InChI=1S/C21H25NO2S/c1-16(2)14-18(4)15-21(19-8-6-5-7-9-19)22-25(23,24)20-12-10-17(3)11-13-20/h5-13,15-16H,14H2,1-4H3/b18-15+,22-21-. The van der Waals surface area contributed by atoms with Crippen LogP contribution in [0.2, 0.25) is 0 Å². The smallest absolute Gasteiger partial charge is 0.199 e. The third-order valence-electron chi connectivity index (χ3n) is 3.72. The van der Waals surface area contributed by atoms with Crippen LogP contribution in [0.15, 0.2) is 75.5 Å². The highest BCUT2D eigenvalue weighted by Gasteiger charge is 2.14. The van der Waals surface area contributed by atoms with Gasteiger partial charge in [0.05, 0.1) is 10.6 Å². The van der Waals surface area contributed by atoms with E-state index < -0.39 is 10.0 Å². The maximum absolute atomic E-state index is 12.7. The van der Waals surface area contributed by atoms with E-state index in [0.29, 0.717) is 11.6 Å². The van der Waals surface area contributed by atoms with Crippen LogP contribution >= 0.6 is 0 Å². The lowest BCUT2D eigenvalue weighted by atomic mass is 10.0. The molecule has 2 aromatic rings. The maximum atomic E-state index is 12.7. The molecule has 2 rings (SSSR count). The Bertz CT molecular complexity index is 862. The minimum atomic E-state index is -3.76. The molecule has 0 bridgehead atoms. The number of allylic oxidation sites excluding steroid dienone is 2. The van der Waals surface area contributed by atoms with Crippen LogP contribution in [0.3, 0.4) is 0 Å². The molecule has 0 heterocycles. The summed E-state index contributed by atoms with van der Waals surface area (Å²) in [5.74, 6) is 0.502. The van der Waals surface area contributed by atoms with Gasteiger partial charge in [-0.25, -0.2) is 0 Å². The highest BCUT2D eigenvalue weighted by Crippen LogP contribution is 2.17. The molecule has 0 radical (unpaired) electrons. The number of rotatable bonds is 6. The Hall–Kier alpha value is -2.20. The minimum Gasteiger partial charge on any atom is -0.199 e. The Kier molecular flexibility index (Phi) is 6.32. The number of benzene rings is 2. The first kappa shape index (κ1) is 19.1. The lowest BCUT2D eigenvalue weighted by molar-refractivity contribution is 0.598. The minimum absolute atomic E-state index is 0.210. The molecule has 0 aliphatic rings. The predicted octanol–water partition coefficient (Wildman–Crippen LogP) is 5.17. The topological polar surface area (TPSA) is 46.5 Å². The van der Waals surface area contributed by atoms with Crippen molar-refractivity contribution in [1.82, 2.24) is 0 Å². The van der Waals surface area contributed by atoms with Crippen LogP contribution in [0.1, 0.15) is 38.3 Å². The summed E-state index contributed by atoms with van der Waals surface area (Å²) in [6, 6.07) is 16.2. The SMILES string of the molecule is C/C(=C\C(=N\S(=O)(=O)c1ccc(C)cc1)c1ccccc1)CC(C)C. The summed E-state index contributed by atoms with van der Waals surface area (Å²) in [5.41, 5.74) is 3.39. The molecule has 0 aromatic heterocycles. The second-order valence-corrected chi connectivity index (χ2v) is 8.32. The summed E-state index contributed by atoms with van der Waals surface area (Å²) in [6.45, 7) is 8.21. The molecule has 132 valence electrons. The molecule has 0 aliphatic carbocycles. The molecule has 0 saturated carbocycles. The van der Waals surface area contributed by atoms with Crippen molar-refractivity contribution in [3.05, 3.63) is 77.4 Å². The fourth-order valence-corrected chi connectivity index (χ4v) is 3.60. The molecule has 0 fully saturated rings. The van der Waals surface area contributed by atoms with Gasteiger partial charge in [-0.2, -0.15) is 12.8 Å². The Balaban J connectivity index is 2.51. The molecule has 4 heteroatoms. The van der Waals surface area contributed by atoms with Gasteiger partial charge in [-0.15, -0.1) is 0 Å². The fourth-order valence-electron chi connectivity index (χ4n) is 2.60. The van der Waals surface area contributed by atoms with E-state index in [1.165, 1.54) is 0 Å². The number of aryl methyl sites for hydroxylation is 1. The monoisotopic (exact) mass is 355 g/mol. The zero-order valence-corrected chi connectivity index (χ0v) is 16.0. The van der Waals surface area contributed by atoms with E-state index in [1.807, 2.05) is 50.3 Å². The third kappa shape index (κ3) is 5.68. The number of sulfonamides is 1. The van der Waals surface area contributed by atoms with Gasteiger partial charge in [0.25, 0.3) is 10.0 Å². The van der Waals surface area contributed by atoms with Crippen LogP contribution in [0.4, 0.5) is 0 Å². The van der Waals surface area contributed by atoms with Crippen LogP contribution in [0, 0.1) is 12.8 Å². The maximum Gasteiger partial charge on any atom is 0.282 e. The van der Waals surface area contributed by atoms with Gasteiger partial charge in [-0.05, 0) is 44.4 Å². The molecular weight excluding hydrogens is 330 g/mol. The first-order chi connectivity index (χ1) is 11.8. The Morgan fingerprint density at radius 1 is 1.04 bits per heavy atom. The van der Waals surface area contributed by atoms with E-state index in [4.69, 9.17) is 0 Å². The van der Waals surface area contributed by atoms with E-state index in [1.54, 1.807) is 24.3 Å². The number of hydrogen-bond acceptors (Lipinski definition) is 2. The summed E-state index contributed by atoms with van der Waals surface area (Å²) in [7, 11) is -3.76. The predicted molar refractivity (Wildman–Crippen MR) is 105 cm³/mol. The van der Waals surface area contributed by atoms with Crippen LogP contribution in [0.5, 0.6) is 0 Å². The zero-order valence-electron chi connectivity index (χ0n) is 15.2. The highest BCUT2D eigenvalue weighted by atomic mass is 32.2. The molecule has 0 saturated heterocycles. The van der Waals surface area contributed by atoms with Crippen molar-refractivity contribution in [2.75, 3.05) is 0 Å². The summed E-state index contributed by atoms with van der Waals surface area (Å²) < 4.78 is 29.6. The molecular formula is C21H25NO2S. The van der Waals surface area contributed by atoms with Gasteiger partial charge in [0, 0.05) is 5.56 Å². The summed E-state index contributed by atoms with van der Waals surface area (Å²) >= 11 is 0. The van der Waals surface area contributed by atoms with Gasteiger partial charge in [0.15, 0.2) is 0 Å². The van der Waals surface area contributed by atoms with Crippen molar-refractivity contribution in [2.45, 2.75) is 39.0 Å². The van der Waals surface area contributed by atoms with E-state index >= 15 is 0 Å². The normalized spacial score (nSPS) is 13.3. The van der Waals surface area contributed by atoms with Gasteiger partial charge in [-0.1, -0.05) is 67.4 Å². The summed E-state index contributed by atoms with van der Waals surface area (Å²) in [4.78, 5) is 0.210. The van der Waals surface area contributed by atoms with Gasteiger partial charge in [0.1, 0.15) is 0 Å².